The van der Waals surface area contributed by atoms with Gasteiger partial charge in [-0.3, -0.25) is 4.79 Å². The molecule has 0 fully saturated rings. The van der Waals surface area contributed by atoms with E-state index in [9.17, 15) is 4.79 Å². The van der Waals surface area contributed by atoms with Crippen molar-refractivity contribution in [1.82, 2.24) is 9.88 Å². The van der Waals surface area contributed by atoms with Gasteiger partial charge in [0.05, 0.1) is 0 Å². The maximum Gasteiger partial charge on any atom is 0.268 e. The zero-order valence-electron chi connectivity index (χ0n) is 10.6. The third kappa shape index (κ3) is 3.45. The molecule has 1 atom stereocenters. The summed E-state index contributed by atoms with van der Waals surface area (Å²) >= 11 is 3.34. The van der Waals surface area contributed by atoms with E-state index in [-0.39, 0.29) is 11.9 Å². The molecular weight excluding hydrogens is 306 g/mol. The molecule has 3 N–H and O–H groups in total. The molecule has 5 heteroatoms. The van der Waals surface area contributed by atoms with Crippen molar-refractivity contribution in [3.05, 3.63) is 58.3 Å². The zero-order chi connectivity index (χ0) is 13.8. The van der Waals surface area contributed by atoms with Crippen LogP contribution in [-0.4, -0.2) is 17.0 Å². The van der Waals surface area contributed by atoms with E-state index in [4.69, 9.17) is 5.73 Å². The topological polar surface area (TPSA) is 60.0 Å². The van der Waals surface area contributed by atoms with Crippen LogP contribution in [0.3, 0.4) is 0 Å². The van der Waals surface area contributed by atoms with Crippen LogP contribution in [0.5, 0.6) is 0 Å². The van der Waals surface area contributed by atoms with Gasteiger partial charge < -0.3 is 15.6 Å². The minimum Gasteiger partial charge on any atom is -0.349 e. The SMILES string of the molecule is Cn1cc(Br)cc1C(=O)NCC(N)c1ccccc1. The van der Waals surface area contributed by atoms with E-state index < -0.39 is 0 Å². The average molecular weight is 322 g/mol. The first-order chi connectivity index (χ1) is 9.08. The maximum absolute atomic E-state index is 12.0. The monoisotopic (exact) mass is 321 g/mol. The largest absolute Gasteiger partial charge is 0.349 e. The lowest BCUT2D eigenvalue weighted by Crippen LogP contribution is -2.32. The fourth-order valence-corrected chi connectivity index (χ4v) is 2.39. The minimum absolute atomic E-state index is 0.125. The van der Waals surface area contributed by atoms with Crippen molar-refractivity contribution in [2.45, 2.75) is 6.04 Å². The molecule has 1 aromatic heterocycles. The Hall–Kier alpha value is -1.59. The summed E-state index contributed by atoms with van der Waals surface area (Å²) in [6.07, 6.45) is 1.84. The highest BCUT2D eigenvalue weighted by Crippen LogP contribution is 2.14. The second-order valence-electron chi connectivity index (χ2n) is 4.38. The number of aryl methyl sites for hydroxylation is 1. The molecule has 0 aliphatic heterocycles. The Morgan fingerprint density at radius 2 is 2.11 bits per heavy atom. The number of aromatic nitrogens is 1. The molecule has 1 aromatic carbocycles. The van der Waals surface area contributed by atoms with Crippen LogP contribution in [-0.2, 0) is 7.05 Å². The van der Waals surface area contributed by atoms with Crippen molar-refractivity contribution in [3.63, 3.8) is 0 Å². The summed E-state index contributed by atoms with van der Waals surface area (Å²) in [6, 6.07) is 11.3. The summed E-state index contributed by atoms with van der Waals surface area (Å²) in [5, 5.41) is 2.85. The summed E-state index contributed by atoms with van der Waals surface area (Å²) in [6.45, 7) is 0.408. The fourth-order valence-electron chi connectivity index (χ4n) is 1.86. The van der Waals surface area contributed by atoms with Crippen molar-refractivity contribution in [2.24, 2.45) is 12.8 Å². The molecule has 2 aromatic rings. The first-order valence-corrected chi connectivity index (χ1v) is 6.78. The van der Waals surface area contributed by atoms with Crippen molar-refractivity contribution >= 4 is 21.8 Å². The van der Waals surface area contributed by atoms with Crippen molar-refractivity contribution < 1.29 is 4.79 Å². The van der Waals surface area contributed by atoms with Crippen LogP contribution >= 0.6 is 15.9 Å². The van der Waals surface area contributed by atoms with Crippen molar-refractivity contribution in [1.29, 1.82) is 0 Å². The number of amides is 1. The normalized spacial score (nSPS) is 12.2. The standard InChI is InChI=1S/C14H16BrN3O/c1-18-9-11(15)7-13(18)14(19)17-8-12(16)10-5-3-2-4-6-10/h2-7,9,12H,8,16H2,1H3,(H,17,19). The molecule has 0 bridgehead atoms. The average Bonchev–Trinajstić information content (AvgIpc) is 2.75. The molecule has 1 amide bonds. The number of hydrogen-bond donors (Lipinski definition) is 2. The van der Waals surface area contributed by atoms with Gasteiger partial charge in [0, 0.05) is 30.3 Å². The van der Waals surface area contributed by atoms with Gasteiger partial charge in [0.15, 0.2) is 0 Å². The summed E-state index contributed by atoms with van der Waals surface area (Å²) in [5.74, 6) is -0.125. The maximum atomic E-state index is 12.0. The molecule has 0 aliphatic rings. The number of rotatable bonds is 4. The quantitative estimate of drug-likeness (QED) is 0.907. The smallest absolute Gasteiger partial charge is 0.268 e. The lowest BCUT2D eigenvalue weighted by atomic mass is 10.1. The van der Waals surface area contributed by atoms with Gasteiger partial charge in [-0.15, -0.1) is 0 Å². The molecule has 0 spiro atoms. The highest BCUT2D eigenvalue weighted by atomic mass is 79.9. The highest BCUT2D eigenvalue weighted by molar-refractivity contribution is 9.10. The molecule has 2 rings (SSSR count). The van der Waals surface area contributed by atoms with Gasteiger partial charge in [0.1, 0.15) is 5.69 Å². The van der Waals surface area contributed by atoms with Crippen LogP contribution in [0.4, 0.5) is 0 Å². The number of carbonyl (C=O) groups excluding carboxylic acids is 1. The van der Waals surface area contributed by atoms with Gasteiger partial charge >= 0.3 is 0 Å². The molecule has 19 heavy (non-hydrogen) atoms. The molecule has 0 aliphatic carbocycles. The van der Waals surface area contributed by atoms with Crippen LogP contribution in [0, 0.1) is 0 Å². The molecular formula is C14H16BrN3O. The van der Waals surface area contributed by atoms with Gasteiger partial charge in [-0.05, 0) is 27.6 Å². The Labute approximate surface area is 120 Å². The number of nitrogens with two attached hydrogens (primary N) is 1. The van der Waals surface area contributed by atoms with Crippen LogP contribution in [0.1, 0.15) is 22.1 Å². The van der Waals surface area contributed by atoms with E-state index >= 15 is 0 Å². The molecule has 1 heterocycles. The van der Waals surface area contributed by atoms with E-state index in [1.165, 1.54) is 0 Å². The van der Waals surface area contributed by atoms with Crippen molar-refractivity contribution in [2.75, 3.05) is 6.54 Å². The Kier molecular flexibility index (Phi) is 4.39. The van der Waals surface area contributed by atoms with Gasteiger partial charge in [0.25, 0.3) is 5.91 Å². The van der Waals surface area contributed by atoms with Gasteiger partial charge in [0.2, 0.25) is 0 Å². The summed E-state index contributed by atoms with van der Waals surface area (Å²) in [7, 11) is 1.83. The van der Waals surface area contributed by atoms with Crippen LogP contribution in [0.15, 0.2) is 47.1 Å². The number of benzene rings is 1. The Morgan fingerprint density at radius 3 is 2.68 bits per heavy atom. The number of hydrogen-bond acceptors (Lipinski definition) is 2. The van der Waals surface area contributed by atoms with E-state index in [1.807, 2.05) is 43.6 Å². The van der Waals surface area contributed by atoms with E-state index in [1.54, 1.807) is 10.6 Å². The summed E-state index contributed by atoms with van der Waals surface area (Å²) in [5.41, 5.74) is 7.65. The van der Waals surface area contributed by atoms with E-state index in [2.05, 4.69) is 21.2 Å². The molecule has 0 saturated carbocycles. The molecule has 0 saturated heterocycles. The molecule has 1 unspecified atom stereocenters. The number of carbonyl (C=O) groups is 1. The van der Waals surface area contributed by atoms with Crippen molar-refractivity contribution in [3.8, 4) is 0 Å². The second-order valence-corrected chi connectivity index (χ2v) is 5.30. The number of halogens is 1. The van der Waals surface area contributed by atoms with Gasteiger partial charge in [-0.2, -0.15) is 0 Å². The van der Waals surface area contributed by atoms with E-state index in [0.29, 0.717) is 12.2 Å². The Bertz CT molecular complexity index is 565. The molecule has 100 valence electrons. The Balaban J connectivity index is 1.96. The highest BCUT2D eigenvalue weighted by Gasteiger charge is 2.12. The van der Waals surface area contributed by atoms with Gasteiger partial charge in [-0.1, -0.05) is 30.3 Å². The molecule has 4 nitrogen and oxygen atoms in total. The zero-order valence-corrected chi connectivity index (χ0v) is 12.2. The van der Waals surface area contributed by atoms with E-state index in [0.717, 1.165) is 10.0 Å². The summed E-state index contributed by atoms with van der Waals surface area (Å²) < 4.78 is 2.65. The fraction of sp³-hybridized carbons (Fsp3) is 0.214. The summed E-state index contributed by atoms with van der Waals surface area (Å²) in [4.78, 5) is 12.0. The minimum atomic E-state index is -0.200. The second kappa shape index (κ2) is 6.04. The first kappa shape index (κ1) is 13.8. The third-order valence-electron chi connectivity index (χ3n) is 2.91. The predicted octanol–water partition coefficient (Wildman–Crippen LogP) is 2.22. The number of nitrogens with zero attached hydrogens (tertiary/aromatic N) is 1. The van der Waals surface area contributed by atoms with Gasteiger partial charge in [-0.25, -0.2) is 0 Å². The van der Waals surface area contributed by atoms with Crippen LogP contribution in [0.25, 0.3) is 0 Å². The first-order valence-electron chi connectivity index (χ1n) is 5.98. The molecule has 0 radical (unpaired) electrons. The predicted molar refractivity (Wildman–Crippen MR) is 78.8 cm³/mol. The third-order valence-corrected chi connectivity index (χ3v) is 3.35. The number of nitrogens with one attached hydrogen (secondary N) is 1. The lowest BCUT2D eigenvalue weighted by molar-refractivity contribution is 0.0943. The Morgan fingerprint density at radius 1 is 1.42 bits per heavy atom. The van der Waals surface area contributed by atoms with Crippen LogP contribution < -0.4 is 11.1 Å². The lowest BCUT2D eigenvalue weighted by Gasteiger charge is -2.13. The van der Waals surface area contributed by atoms with Crippen LogP contribution in [0.2, 0.25) is 0 Å².